The molecule has 0 saturated carbocycles. The van der Waals surface area contributed by atoms with Crippen molar-refractivity contribution in [2.75, 3.05) is 36.4 Å². The van der Waals surface area contributed by atoms with E-state index >= 15 is 0 Å². The second-order valence-electron chi connectivity index (χ2n) is 11.8. The van der Waals surface area contributed by atoms with Crippen LogP contribution in [-0.2, 0) is 17.8 Å². The van der Waals surface area contributed by atoms with E-state index in [1.54, 1.807) is 17.0 Å². The molecule has 2 aromatic carbocycles. The molecule has 1 unspecified atom stereocenters. The molecule has 0 aliphatic carbocycles. The van der Waals surface area contributed by atoms with Gasteiger partial charge in [0.2, 0.25) is 0 Å². The zero-order chi connectivity index (χ0) is 29.2. The molecule has 3 aromatic rings. The van der Waals surface area contributed by atoms with E-state index in [9.17, 15) is 19.1 Å². The Morgan fingerprint density at radius 2 is 1.76 bits per heavy atom. The molecular formula is C32H39FN6O3. The minimum Gasteiger partial charge on any atom is -0.480 e. The third kappa shape index (κ3) is 6.05. The van der Waals surface area contributed by atoms with E-state index in [0.717, 1.165) is 56.0 Å². The van der Waals surface area contributed by atoms with E-state index < -0.39 is 5.97 Å². The molecule has 4 heterocycles. The van der Waals surface area contributed by atoms with E-state index in [1.807, 2.05) is 35.2 Å². The highest BCUT2D eigenvalue weighted by molar-refractivity contribution is 6.01. The standard InChI is InChI=1S/C32H39FN6O3/c1-22-34-29-20-36(21-31(40)41)17-14-30(29)39(22)28-18-26-12-13-27(19-28)37(26)15-5-16-38(25-6-3-2-4-7-25)32(42)35-24-10-8-23(33)9-11-24/h2-4,6-11,26-28H,5,12-21H2,1H3,(H,35,42)(H,40,41)/t26-,27+,28?. The summed E-state index contributed by atoms with van der Waals surface area (Å²) < 4.78 is 15.8. The number of rotatable bonds is 9. The van der Waals surface area contributed by atoms with Crippen LogP contribution in [0.1, 0.15) is 55.4 Å². The van der Waals surface area contributed by atoms with Crippen LogP contribution in [0.3, 0.4) is 0 Å². The number of para-hydroxylation sites is 1. The number of benzene rings is 2. The molecule has 3 aliphatic heterocycles. The van der Waals surface area contributed by atoms with Crippen molar-refractivity contribution >= 4 is 23.4 Å². The van der Waals surface area contributed by atoms with Gasteiger partial charge in [-0.1, -0.05) is 18.2 Å². The molecule has 3 aliphatic rings. The second-order valence-corrected chi connectivity index (χ2v) is 11.8. The zero-order valence-corrected chi connectivity index (χ0v) is 24.1. The summed E-state index contributed by atoms with van der Waals surface area (Å²) >= 11 is 0. The van der Waals surface area contributed by atoms with Gasteiger partial charge in [0.25, 0.3) is 0 Å². The van der Waals surface area contributed by atoms with Gasteiger partial charge in [0.05, 0.1) is 12.2 Å². The van der Waals surface area contributed by atoms with Crippen LogP contribution in [-0.4, -0.2) is 74.7 Å². The second kappa shape index (κ2) is 12.2. The number of aliphatic carboxylic acids is 1. The highest BCUT2D eigenvalue weighted by Gasteiger charge is 2.42. The van der Waals surface area contributed by atoms with Gasteiger partial charge in [-0.15, -0.1) is 0 Å². The van der Waals surface area contributed by atoms with Crippen LogP contribution in [0.2, 0.25) is 0 Å². The number of nitrogens with one attached hydrogen (secondary N) is 1. The predicted octanol–water partition coefficient (Wildman–Crippen LogP) is 5.07. The number of urea groups is 1. The normalized spacial score (nSPS) is 22.1. The van der Waals surface area contributed by atoms with Crippen LogP contribution < -0.4 is 10.2 Å². The number of carbonyl (C=O) groups excluding carboxylic acids is 1. The molecule has 9 nitrogen and oxygen atoms in total. The smallest absolute Gasteiger partial charge is 0.326 e. The Balaban J connectivity index is 1.09. The van der Waals surface area contributed by atoms with E-state index in [-0.39, 0.29) is 18.4 Å². The van der Waals surface area contributed by atoms with Gasteiger partial charge in [0, 0.05) is 67.8 Å². The van der Waals surface area contributed by atoms with E-state index in [4.69, 9.17) is 4.98 Å². The number of hydrogen-bond donors (Lipinski definition) is 2. The minimum absolute atomic E-state index is 0.0590. The first kappa shape index (κ1) is 28.4. The van der Waals surface area contributed by atoms with Crippen LogP contribution in [0.15, 0.2) is 54.6 Å². The maximum absolute atomic E-state index is 13.4. The monoisotopic (exact) mass is 574 g/mol. The minimum atomic E-state index is -0.793. The Hall–Kier alpha value is -3.76. The first-order valence-electron chi connectivity index (χ1n) is 15.0. The average molecular weight is 575 g/mol. The van der Waals surface area contributed by atoms with Gasteiger partial charge >= 0.3 is 12.0 Å². The largest absolute Gasteiger partial charge is 0.480 e. The number of carboxylic acid groups (broad SMARTS) is 1. The van der Waals surface area contributed by atoms with Crippen molar-refractivity contribution in [3.8, 4) is 0 Å². The topological polar surface area (TPSA) is 93.9 Å². The number of aryl methyl sites for hydroxylation is 1. The third-order valence-corrected chi connectivity index (χ3v) is 9.10. The number of piperidine rings is 1. The number of imidazole rings is 1. The van der Waals surface area contributed by atoms with Crippen LogP contribution >= 0.6 is 0 Å². The number of aromatic nitrogens is 2. The fourth-order valence-electron chi connectivity index (χ4n) is 7.32. The van der Waals surface area contributed by atoms with Crippen LogP contribution in [0.4, 0.5) is 20.6 Å². The highest BCUT2D eigenvalue weighted by Crippen LogP contribution is 2.42. The summed E-state index contributed by atoms with van der Waals surface area (Å²) in [6, 6.07) is 16.7. The van der Waals surface area contributed by atoms with Crippen molar-refractivity contribution in [3.05, 3.63) is 77.6 Å². The van der Waals surface area contributed by atoms with Crippen molar-refractivity contribution < 1.29 is 19.1 Å². The van der Waals surface area contributed by atoms with Crippen LogP contribution in [0, 0.1) is 12.7 Å². The quantitative estimate of drug-likeness (QED) is 0.371. The molecule has 1 aromatic heterocycles. The molecule has 2 N–H and O–H groups in total. The lowest BCUT2D eigenvalue weighted by Gasteiger charge is -2.41. The molecule has 2 amide bonds. The Morgan fingerprint density at radius 3 is 2.45 bits per heavy atom. The van der Waals surface area contributed by atoms with Gasteiger partial charge in [-0.25, -0.2) is 14.2 Å². The number of anilines is 2. The summed E-state index contributed by atoms with van der Waals surface area (Å²) in [5.41, 5.74) is 3.72. The van der Waals surface area contributed by atoms with Gasteiger partial charge in [-0.3, -0.25) is 19.5 Å². The van der Waals surface area contributed by atoms with Crippen molar-refractivity contribution in [3.63, 3.8) is 0 Å². The van der Waals surface area contributed by atoms with Crippen molar-refractivity contribution in [2.24, 2.45) is 0 Å². The van der Waals surface area contributed by atoms with E-state index in [2.05, 4.69) is 21.7 Å². The van der Waals surface area contributed by atoms with Crippen molar-refractivity contribution in [1.29, 1.82) is 0 Å². The number of carboxylic acids is 1. The number of hydrogen-bond acceptors (Lipinski definition) is 5. The predicted molar refractivity (Wildman–Crippen MR) is 159 cm³/mol. The number of carbonyl (C=O) groups is 2. The summed E-state index contributed by atoms with van der Waals surface area (Å²) in [6.45, 7) is 5.02. The summed E-state index contributed by atoms with van der Waals surface area (Å²) in [5.74, 6) is -0.0866. The molecular weight excluding hydrogens is 535 g/mol. The maximum atomic E-state index is 13.4. The molecule has 2 bridgehead atoms. The maximum Gasteiger partial charge on any atom is 0.326 e. The molecule has 0 spiro atoms. The summed E-state index contributed by atoms with van der Waals surface area (Å²) in [7, 11) is 0. The molecule has 2 fully saturated rings. The molecule has 3 atom stereocenters. The summed E-state index contributed by atoms with van der Waals surface area (Å²) in [5, 5.41) is 12.1. The highest BCUT2D eigenvalue weighted by atomic mass is 19.1. The van der Waals surface area contributed by atoms with Crippen LogP contribution in [0.5, 0.6) is 0 Å². The number of fused-ring (bicyclic) bond motifs is 3. The number of halogens is 1. The van der Waals surface area contributed by atoms with Crippen molar-refractivity contribution in [2.45, 2.75) is 70.1 Å². The van der Waals surface area contributed by atoms with Crippen LogP contribution in [0.25, 0.3) is 0 Å². The zero-order valence-electron chi connectivity index (χ0n) is 24.1. The fraction of sp³-hybridized carbons (Fsp3) is 0.469. The molecule has 0 radical (unpaired) electrons. The first-order chi connectivity index (χ1) is 20.4. The van der Waals surface area contributed by atoms with Gasteiger partial charge < -0.3 is 15.0 Å². The summed E-state index contributed by atoms with van der Waals surface area (Å²) in [6.07, 6.45) is 6.25. The van der Waals surface area contributed by atoms with E-state index in [0.29, 0.717) is 36.9 Å². The SMILES string of the molecule is Cc1nc2c(n1C1C[C@H]3CC[C@@H](C1)N3CCCN(C(=O)Nc1ccc(F)cc1)c1ccccc1)CCN(CC(=O)O)C2. The fourth-order valence-corrected chi connectivity index (χ4v) is 7.32. The van der Waals surface area contributed by atoms with Gasteiger partial charge in [0.1, 0.15) is 11.6 Å². The summed E-state index contributed by atoms with van der Waals surface area (Å²) in [4.78, 5) is 35.8. The third-order valence-electron chi connectivity index (χ3n) is 9.10. The van der Waals surface area contributed by atoms with Crippen molar-refractivity contribution in [1.82, 2.24) is 19.4 Å². The Kier molecular flexibility index (Phi) is 8.26. The number of amides is 2. The molecule has 2 saturated heterocycles. The Bertz CT molecular complexity index is 1400. The number of nitrogens with zero attached hydrogens (tertiary/aromatic N) is 5. The molecule has 222 valence electrons. The van der Waals surface area contributed by atoms with Gasteiger partial charge in [0.15, 0.2) is 0 Å². The van der Waals surface area contributed by atoms with E-state index in [1.165, 1.54) is 30.7 Å². The molecule has 10 heteroatoms. The Morgan fingerprint density at radius 1 is 1.05 bits per heavy atom. The average Bonchev–Trinajstić information content (AvgIpc) is 3.41. The Labute approximate surface area is 245 Å². The lowest BCUT2D eigenvalue weighted by Crippen LogP contribution is -2.45. The van der Waals surface area contributed by atoms with Gasteiger partial charge in [-0.2, -0.15) is 0 Å². The molecule has 6 rings (SSSR count). The van der Waals surface area contributed by atoms with Gasteiger partial charge in [-0.05, 0) is 75.4 Å². The molecule has 42 heavy (non-hydrogen) atoms. The first-order valence-corrected chi connectivity index (χ1v) is 15.0. The lowest BCUT2D eigenvalue weighted by molar-refractivity contribution is -0.138. The lowest BCUT2D eigenvalue weighted by atomic mass is 9.95.